The summed E-state index contributed by atoms with van der Waals surface area (Å²) in [6, 6.07) is 13.3. The molecule has 0 bridgehead atoms. The van der Waals surface area contributed by atoms with Crippen LogP contribution in [0.25, 0.3) is 0 Å². The zero-order valence-corrected chi connectivity index (χ0v) is 13.8. The number of rotatable bonds is 4. The molecule has 2 atom stereocenters. The van der Waals surface area contributed by atoms with Crippen LogP contribution in [-0.2, 0) is 11.3 Å². The zero-order chi connectivity index (χ0) is 17.2. The molecule has 2 amide bonds. The smallest absolute Gasteiger partial charge is 0.255 e. The largest absolute Gasteiger partial charge is 0.379 e. The first-order valence-electron chi connectivity index (χ1n) is 8.52. The molecule has 6 nitrogen and oxygen atoms in total. The lowest BCUT2D eigenvalue weighted by Gasteiger charge is -2.19. The highest BCUT2D eigenvalue weighted by Gasteiger charge is 2.43. The molecule has 2 fully saturated rings. The Labute approximate surface area is 146 Å². The number of fused-ring (bicyclic) bond motifs is 1. The highest BCUT2D eigenvalue weighted by atomic mass is 16.2. The van der Waals surface area contributed by atoms with E-state index in [9.17, 15) is 9.59 Å². The van der Waals surface area contributed by atoms with Crippen molar-refractivity contribution in [2.75, 3.05) is 25.0 Å². The second kappa shape index (κ2) is 6.55. The molecule has 0 unspecified atom stereocenters. The third kappa shape index (κ3) is 3.07. The lowest BCUT2D eigenvalue weighted by Crippen LogP contribution is -2.33. The first kappa shape index (κ1) is 15.6. The van der Waals surface area contributed by atoms with Crippen LogP contribution in [-0.4, -0.2) is 41.3 Å². The van der Waals surface area contributed by atoms with E-state index in [1.54, 1.807) is 11.1 Å². The number of para-hydroxylation sites is 1. The normalized spacial score (nSPS) is 21.8. The van der Waals surface area contributed by atoms with Crippen LogP contribution >= 0.6 is 0 Å². The number of nitrogens with zero attached hydrogens (tertiary/aromatic N) is 2. The molecule has 2 aliphatic rings. The van der Waals surface area contributed by atoms with E-state index in [-0.39, 0.29) is 23.7 Å². The summed E-state index contributed by atoms with van der Waals surface area (Å²) in [5.41, 5.74) is 2.34. The fraction of sp³-hybridized carbons (Fsp3) is 0.316. The summed E-state index contributed by atoms with van der Waals surface area (Å²) in [5.74, 6) is 0.232. The monoisotopic (exact) mass is 336 g/mol. The van der Waals surface area contributed by atoms with Gasteiger partial charge in [-0.05, 0) is 24.3 Å². The fourth-order valence-corrected chi connectivity index (χ4v) is 3.59. The van der Waals surface area contributed by atoms with E-state index >= 15 is 0 Å². The van der Waals surface area contributed by atoms with Crippen LogP contribution in [0.4, 0.5) is 5.69 Å². The number of likely N-dealkylation sites (tertiary alicyclic amines) is 1. The molecule has 2 N–H and O–H groups in total. The highest BCUT2D eigenvalue weighted by molar-refractivity contribution is 6.00. The van der Waals surface area contributed by atoms with Crippen molar-refractivity contribution >= 4 is 17.5 Å². The van der Waals surface area contributed by atoms with E-state index in [0.29, 0.717) is 31.7 Å². The maximum atomic E-state index is 13.0. The Hall–Kier alpha value is -2.89. The van der Waals surface area contributed by atoms with Gasteiger partial charge in [-0.2, -0.15) is 0 Å². The Morgan fingerprint density at radius 1 is 1.20 bits per heavy atom. The van der Waals surface area contributed by atoms with Gasteiger partial charge in [0.05, 0.1) is 23.7 Å². The molecular formula is C19H20N4O2. The number of aromatic nitrogens is 1. The minimum Gasteiger partial charge on any atom is -0.379 e. The summed E-state index contributed by atoms with van der Waals surface area (Å²) in [6.45, 7) is 2.37. The van der Waals surface area contributed by atoms with Crippen LogP contribution in [0.1, 0.15) is 16.1 Å². The van der Waals surface area contributed by atoms with Gasteiger partial charge in [0, 0.05) is 37.4 Å². The number of benzene rings is 1. The van der Waals surface area contributed by atoms with Gasteiger partial charge < -0.3 is 15.5 Å². The Bertz CT molecular complexity index is 793. The van der Waals surface area contributed by atoms with Gasteiger partial charge in [-0.3, -0.25) is 14.6 Å². The first-order valence-corrected chi connectivity index (χ1v) is 8.52. The molecule has 4 rings (SSSR count). The summed E-state index contributed by atoms with van der Waals surface area (Å²) in [7, 11) is 0. The minimum absolute atomic E-state index is 0.0219. The average molecular weight is 336 g/mol. The summed E-state index contributed by atoms with van der Waals surface area (Å²) in [4.78, 5) is 30.9. The Kier molecular flexibility index (Phi) is 4.09. The van der Waals surface area contributed by atoms with Crippen LogP contribution in [0.15, 0.2) is 48.7 Å². The molecule has 6 heteroatoms. The van der Waals surface area contributed by atoms with E-state index in [1.807, 2.05) is 42.5 Å². The maximum Gasteiger partial charge on any atom is 0.255 e. The minimum atomic E-state index is -0.0578. The van der Waals surface area contributed by atoms with Crippen LogP contribution in [0.3, 0.4) is 0 Å². The highest BCUT2D eigenvalue weighted by Crippen LogP contribution is 2.29. The number of hydrogen-bond acceptors (Lipinski definition) is 4. The number of pyridine rings is 1. The predicted molar refractivity (Wildman–Crippen MR) is 93.9 cm³/mol. The van der Waals surface area contributed by atoms with Gasteiger partial charge >= 0.3 is 0 Å². The summed E-state index contributed by atoms with van der Waals surface area (Å²) >= 11 is 0. The Balaban J connectivity index is 1.49. The van der Waals surface area contributed by atoms with Gasteiger partial charge in [0.1, 0.15) is 0 Å². The third-order valence-electron chi connectivity index (χ3n) is 4.95. The molecule has 25 heavy (non-hydrogen) atoms. The van der Waals surface area contributed by atoms with E-state index in [0.717, 1.165) is 11.4 Å². The lowest BCUT2D eigenvalue weighted by molar-refractivity contribution is -0.122. The SMILES string of the molecule is O=C1NC[C@H]2CN(C(=O)c3ccccc3NCc3ccccn3)C[C@@H]12. The standard InChI is InChI=1S/C19H20N4O2/c24-18-16-12-23(11-13(16)9-22-18)19(25)15-6-1-2-7-17(15)21-10-14-5-3-4-8-20-14/h1-8,13,16,21H,9-12H2,(H,22,24)/t13-,16+/m0/s1. The van der Waals surface area contributed by atoms with E-state index in [2.05, 4.69) is 15.6 Å². The van der Waals surface area contributed by atoms with Gasteiger partial charge in [-0.1, -0.05) is 18.2 Å². The molecule has 2 saturated heterocycles. The second-order valence-corrected chi connectivity index (χ2v) is 6.54. The first-order chi connectivity index (χ1) is 12.2. The third-order valence-corrected chi connectivity index (χ3v) is 4.95. The van der Waals surface area contributed by atoms with E-state index in [1.165, 1.54) is 0 Å². The molecule has 1 aromatic carbocycles. The molecule has 0 spiro atoms. The molecule has 3 heterocycles. The van der Waals surface area contributed by atoms with E-state index in [4.69, 9.17) is 0 Å². The van der Waals surface area contributed by atoms with Crippen molar-refractivity contribution in [2.24, 2.45) is 11.8 Å². The number of carbonyl (C=O) groups is 2. The van der Waals surface area contributed by atoms with Crippen molar-refractivity contribution in [3.05, 3.63) is 59.9 Å². The summed E-state index contributed by atoms with van der Waals surface area (Å²) in [5, 5.41) is 6.18. The molecule has 2 aliphatic heterocycles. The quantitative estimate of drug-likeness (QED) is 0.888. The molecule has 1 aromatic heterocycles. The average Bonchev–Trinajstić information content (AvgIpc) is 3.23. The number of nitrogens with one attached hydrogen (secondary N) is 2. The molecule has 0 radical (unpaired) electrons. The topological polar surface area (TPSA) is 74.3 Å². The molecule has 0 saturated carbocycles. The van der Waals surface area contributed by atoms with Crippen LogP contribution in [0.2, 0.25) is 0 Å². The van der Waals surface area contributed by atoms with Gasteiger partial charge in [0.15, 0.2) is 0 Å². The van der Waals surface area contributed by atoms with Crippen molar-refractivity contribution in [3.8, 4) is 0 Å². The van der Waals surface area contributed by atoms with Crippen LogP contribution in [0.5, 0.6) is 0 Å². The van der Waals surface area contributed by atoms with Gasteiger partial charge in [0.25, 0.3) is 5.91 Å². The Morgan fingerprint density at radius 3 is 2.84 bits per heavy atom. The van der Waals surface area contributed by atoms with Crippen molar-refractivity contribution < 1.29 is 9.59 Å². The number of carbonyl (C=O) groups excluding carboxylic acids is 2. The van der Waals surface area contributed by atoms with Crippen LogP contribution in [0, 0.1) is 11.8 Å². The van der Waals surface area contributed by atoms with Gasteiger partial charge in [0.2, 0.25) is 5.91 Å². The second-order valence-electron chi connectivity index (χ2n) is 6.54. The zero-order valence-electron chi connectivity index (χ0n) is 13.8. The van der Waals surface area contributed by atoms with Crippen molar-refractivity contribution in [1.82, 2.24) is 15.2 Å². The lowest BCUT2D eigenvalue weighted by atomic mass is 10.0. The maximum absolute atomic E-state index is 13.0. The number of amides is 2. The van der Waals surface area contributed by atoms with Crippen LogP contribution < -0.4 is 10.6 Å². The van der Waals surface area contributed by atoms with E-state index < -0.39 is 0 Å². The van der Waals surface area contributed by atoms with Crippen molar-refractivity contribution in [2.45, 2.75) is 6.54 Å². The van der Waals surface area contributed by atoms with Crippen molar-refractivity contribution in [1.29, 1.82) is 0 Å². The number of anilines is 1. The summed E-state index contributed by atoms with van der Waals surface area (Å²) < 4.78 is 0. The summed E-state index contributed by atoms with van der Waals surface area (Å²) in [6.07, 6.45) is 1.75. The molecule has 0 aliphatic carbocycles. The number of hydrogen-bond donors (Lipinski definition) is 2. The van der Waals surface area contributed by atoms with Gasteiger partial charge in [-0.25, -0.2) is 0 Å². The van der Waals surface area contributed by atoms with Gasteiger partial charge in [-0.15, -0.1) is 0 Å². The molecule has 128 valence electrons. The fourth-order valence-electron chi connectivity index (χ4n) is 3.59. The Morgan fingerprint density at radius 2 is 2.04 bits per heavy atom. The predicted octanol–water partition coefficient (Wildman–Crippen LogP) is 1.51. The molecular weight excluding hydrogens is 316 g/mol. The molecule has 2 aromatic rings. The van der Waals surface area contributed by atoms with Crippen molar-refractivity contribution in [3.63, 3.8) is 0 Å².